The molecule has 2 rings (SSSR count). The summed E-state index contributed by atoms with van der Waals surface area (Å²) in [5.41, 5.74) is 4.63. The normalized spacial score (nSPS) is 10.0. The van der Waals surface area contributed by atoms with Crippen molar-refractivity contribution in [1.29, 1.82) is 0 Å². The maximum Gasteiger partial charge on any atom is 0.276 e. The fraction of sp³-hybridized carbons (Fsp3) is 0.294. The van der Waals surface area contributed by atoms with Crippen molar-refractivity contribution in [3.8, 4) is 11.5 Å². The van der Waals surface area contributed by atoms with E-state index in [4.69, 9.17) is 13.9 Å². The number of benzene rings is 1. The lowest BCUT2D eigenvalue weighted by molar-refractivity contribution is -0.130. The SMILES string of the molecule is CCOc1ccccc1OCC(=O)NNC(=O)CCc1ccco1. The van der Waals surface area contributed by atoms with Gasteiger partial charge in [0.15, 0.2) is 18.1 Å². The van der Waals surface area contributed by atoms with Gasteiger partial charge in [0.1, 0.15) is 5.76 Å². The van der Waals surface area contributed by atoms with Crippen LogP contribution >= 0.6 is 0 Å². The third-order valence-electron chi connectivity index (χ3n) is 3.03. The minimum absolute atomic E-state index is 0.210. The van der Waals surface area contributed by atoms with Crippen molar-refractivity contribution < 1.29 is 23.5 Å². The molecule has 24 heavy (non-hydrogen) atoms. The number of carbonyl (C=O) groups is 2. The van der Waals surface area contributed by atoms with Crippen molar-refractivity contribution >= 4 is 11.8 Å². The lowest BCUT2D eigenvalue weighted by Crippen LogP contribution is -2.43. The Labute approximate surface area is 139 Å². The summed E-state index contributed by atoms with van der Waals surface area (Å²) in [4.78, 5) is 23.3. The Kier molecular flexibility index (Phi) is 6.70. The number of ether oxygens (including phenoxy) is 2. The van der Waals surface area contributed by atoms with Crippen molar-refractivity contribution in [2.45, 2.75) is 19.8 Å². The van der Waals surface area contributed by atoms with Gasteiger partial charge in [-0.15, -0.1) is 0 Å². The Balaban J connectivity index is 1.68. The summed E-state index contributed by atoms with van der Waals surface area (Å²) in [6, 6.07) is 10.6. The van der Waals surface area contributed by atoms with Gasteiger partial charge in [0.25, 0.3) is 5.91 Å². The molecule has 7 heteroatoms. The molecule has 1 heterocycles. The smallest absolute Gasteiger partial charge is 0.276 e. The maximum absolute atomic E-state index is 11.7. The number of nitrogens with one attached hydrogen (secondary N) is 2. The predicted octanol–water partition coefficient (Wildman–Crippen LogP) is 1.84. The van der Waals surface area contributed by atoms with Gasteiger partial charge < -0.3 is 13.9 Å². The molecule has 0 bridgehead atoms. The van der Waals surface area contributed by atoms with E-state index in [1.54, 1.807) is 36.6 Å². The van der Waals surface area contributed by atoms with Crippen LogP contribution in [0.25, 0.3) is 0 Å². The molecule has 128 valence electrons. The van der Waals surface area contributed by atoms with Gasteiger partial charge in [-0.2, -0.15) is 0 Å². The largest absolute Gasteiger partial charge is 0.490 e. The van der Waals surface area contributed by atoms with Crippen molar-refractivity contribution in [2.75, 3.05) is 13.2 Å². The Morgan fingerprint density at radius 3 is 2.38 bits per heavy atom. The van der Waals surface area contributed by atoms with Gasteiger partial charge in [0.05, 0.1) is 12.9 Å². The molecule has 2 N–H and O–H groups in total. The summed E-state index contributed by atoms with van der Waals surface area (Å²) in [6.07, 6.45) is 2.22. The third kappa shape index (κ3) is 5.68. The molecule has 0 aliphatic rings. The molecule has 1 aromatic heterocycles. The number of para-hydroxylation sites is 2. The van der Waals surface area contributed by atoms with Crippen LogP contribution in [0.1, 0.15) is 19.1 Å². The zero-order chi connectivity index (χ0) is 17.2. The number of hydrogen-bond donors (Lipinski definition) is 2. The van der Waals surface area contributed by atoms with Crippen molar-refractivity contribution in [1.82, 2.24) is 10.9 Å². The van der Waals surface area contributed by atoms with Crippen LogP contribution in [0.15, 0.2) is 47.1 Å². The van der Waals surface area contributed by atoms with Gasteiger partial charge in [-0.3, -0.25) is 20.4 Å². The Bertz CT molecular complexity index is 655. The molecule has 2 aromatic rings. The van der Waals surface area contributed by atoms with Crippen molar-refractivity contribution in [3.63, 3.8) is 0 Å². The minimum Gasteiger partial charge on any atom is -0.490 e. The summed E-state index contributed by atoms with van der Waals surface area (Å²) >= 11 is 0. The molecule has 0 fully saturated rings. The van der Waals surface area contributed by atoms with Crippen LogP contribution in [0.2, 0.25) is 0 Å². The molecule has 0 saturated heterocycles. The topological polar surface area (TPSA) is 89.8 Å². The number of hydrazine groups is 1. The number of rotatable bonds is 8. The van der Waals surface area contributed by atoms with Crippen molar-refractivity contribution in [3.05, 3.63) is 48.4 Å². The second kappa shape index (κ2) is 9.24. The van der Waals surface area contributed by atoms with E-state index < -0.39 is 5.91 Å². The Morgan fingerprint density at radius 2 is 1.71 bits per heavy atom. The first-order valence-corrected chi connectivity index (χ1v) is 7.63. The summed E-state index contributed by atoms with van der Waals surface area (Å²) in [6.45, 7) is 2.13. The Morgan fingerprint density at radius 1 is 1.00 bits per heavy atom. The van der Waals surface area contributed by atoms with Gasteiger partial charge in [0, 0.05) is 12.8 Å². The second-order valence-corrected chi connectivity index (χ2v) is 4.84. The quantitative estimate of drug-likeness (QED) is 0.720. The van der Waals surface area contributed by atoms with Crippen LogP contribution in [0, 0.1) is 0 Å². The van der Waals surface area contributed by atoms with Gasteiger partial charge in [0.2, 0.25) is 5.91 Å². The van der Waals surface area contributed by atoms with Crippen LogP contribution in [0.4, 0.5) is 0 Å². The van der Waals surface area contributed by atoms with Gasteiger partial charge in [-0.1, -0.05) is 12.1 Å². The lowest BCUT2D eigenvalue weighted by atomic mass is 10.2. The first kappa shape index (κ1) is 17.4. The standard InChI is InChI=1S/C17H20N2O5/c1-2-22-14-7-3-4-8-15(14)24-12-17(21)19-18-16(20)10-9-13-6-5-11-23-13/h3-8,11H,2,9-10,12H2,1H3,(H,18,20)(H,19,21). The first-order valence-electron chi connectivity index (χ1n) is 7.63. The highest BCUT2D eigenvalue weighted by atomic mass is 16.5. The Hall–Kier alpha value is -2.96. The average Bonchev–Trinajstić information content (AvgIpc) is 3.11. The fourth-order valence-electron chi connectivity index (χ4n) is 1.92. The van der Waals surface area contributed by atoms with E-state index >= 15 is 0 Å². The average molecular weight is 332 g/mol. The number of furan rings is 1. The zero-order valence-electron chi connectivity index (χ0n) is 13.4. The van der Waals surface area contributed by atoms with E-state index in [2.05, 4.69) is 10.9 Å². The highest BCUT2D eigenvalue weighted by Crippen LogP contribution is 2.26. The summed E-state index contributed by atoms with van der Waals surface area (Å²) < 4.78 is 15.9. The van der Waals surface area contributed by atoms with E-state index in [0.717, 1.165) is 0 Å². The van der Waals surface area contributed by atoms with E-state index in [0.29, 0.717) is 30.3 Å². The summed E-state index contributed by atoms with van der Waals surface area (Å²) in [5.74, 6) is 0.975. The molecular formula is C17H20N2O5. The second-order valence-electron chi connectivity index (χ2n) is 4.84. The molecule has 0 aliphatic heterocycles. The van der Waals surface area contributed by atoms with Crippen molar-refractivity contribution in [2.24, 2.45) is 0 Å². The number of amides is 2. The highest BCUT2D eigenvalue weighted by Gasteiger charge is 2.09. The minimum atomic E-state index is -0.465. The lowest BCUT2D eigenvalue weighted by Gasteiger charge is -2.12. The summed E-state index contributed by atoms with van der Waals surface area (Å²) in [5, 5.41) is 0. The molecule has 0 atom stereocenters. The summed E-state index contributed by atoms with van der Waals surface area (Å²) in [7, 11) is 0. The van der Waals surface area contributed by atoms with Crippen LogP contribution in [-0.4, -0.2) is 25.0 Å². The number of aryl methyl sites for hydroxylation is 1. The fourth-order valence-corrected chi connectivity index (χ4v) is 1.92. The molecule has 0 saturated carbocycles. The van der Waals surface area contributed by atoms with E-state index in [9.17, 15) is 9.59 Å². The van der Waals surface area contributed by atoms with Gasteiger partial charge >= 0.3 is 0 Å². The molecule has 1 aromatic carbocycles. The predicted molar refractivity (Wildman–Crippen MR) is 86.4 cm³/mol. The van der Waals surface area contributed by atoms with Crippen LogP contribution < -0.4 is 20.3 Å². The van der Waals surface area contributed by atoms with Gasteiger partial charge in [-0.25, -0.2) is 0 Å². The highest BCUT2D eigenvalue weighted by molar-refractivity contribution is 5.82. The molecule has 0 radical (unpaired) electrons. The molecule has 0 spiro atoms. The molecule has 0 aliphatic carbocycles. The number of hydrogen-bond acceptors (Lipinski definition) is 5. The molecule has 7 nitrogen and oxygen atoms in total. The van der Waals surface area contributed by atoms with Crippen LogP contribution in [-0.2, 0) is 16.0 Å². The van der Waals surface area contributed by atoms with E-state index in [1.807, 2.05) is 13.0 Å². The maximum atomic E-state index is 11.7. The molecule has 2 amide bonds. The van der Waals surface area contributed by atoms with Crippen LogP contribution in [0.5, 0.6) is 11.5 Å². The number of carbonyl (C=O) groups excluding carboxylic acids is 2. The zero-order valence-corrected chi connectivity index (χ0v) is 13.4. The first-order chi connectivity index (χ1) is 11.7. The monoisotopic (exact) mass is 332 g/mol. The van der Waals surface area contributed by atoms with E-state index in [1.165, 1.54) is 0 Å². The van der Waals surface area contributed by atoms with Gasteiger partial charge in [-0.05, 0) is 31.2 Å². The third-order valence-corrected chi connectivity index (χ3v) is 3.03. The molecule has 0 unspecified atom stereocenters. The van der Waals surface area contributed by atoms with E-state index in [-0.39, 0.29) is 18.9 Å². The molecular weight excluding hydrogens is 312 g/mol. The van der Waals surface area contributed by atoms with Crippen LogP contribution in [0.3, 0.4) is 0 Å².